The van der Waals surface area contributed by atoms with Crippen LogP contribution in [0.3, 0.4) is 0 Å². The summed E-state index contributed by atoms with van der Waals surface area (Å²) in [6, 6.07) is 0. The van der Waals surface area contributed by atoms with Gasteiger partial charge in [0.15, 0.2) is 0 Å². The van der Waals surface area contributed by atoms with E-state index in [4.69, 9.17) is 0 Å². The molecular weight excluding hydrogens is 184 g/mol. The van der Waals surface area contributed by atoms with Crippen LogP contribution in [0.1, 0.15) is 66.7 Å². The fourth-order valence-corrected chi connectivity index (χ4v) is 1.52. The summed E-state index contributed by atoms with van der Waals surface area (Å²) in [6.45, 7) is 10.5. The van der Waals surface area contributed by atoms with Gasteiger partial charge in [0.2, 0.25) is 0 Å². The van der Waals surface area contributed by atoms with E-state index in [9.17, 15) is 4.79 Å². The maximum absolute atomic E-state index is 12.0. The Labute approximate surface area is 95.0 Å². The van der Waals surface area contributed by atoms with E-state index in [1.807, 2.05) is 0 Å². The summed E-state index contributed by atoms with van der Waals surface area (Å²) < 4.78 is 0. The molecule has 0 rings (SSSR count). The minimum Gasteiger partial charge on any atom is -0.299 e. The largest absolute Gasteiger partial charge is 0.299 e. The van der Waals surface area contributed by atoms with E-state index in [0.717, 1.165) is 32.1 Å². The maximum Gasteiger partial charge on any atom is 0.139 e. The number of unbranched alkanes of at least 4 members (excludes halogenated alkanes) is 1. The number of Topliss-reactive ketones (excluding diaryl/α,β-unsaturated/α-hetero) is 1. The molecule has 0 aliphatic heterocycles. The van der Waals surface area contributed by atoms with Crippen LogP contribution >= 0.6 is 0 Å². The van der Waals surface area contributed by atoms with E-state index >= 15 is 0 Å². The Kier molecular flexibility index (Phi) is 6.55. The molecule has 0 aromatic carbocycles. The lowest BCUT2D eigenvalue weighted by molar-refractivity contribution is -0.128. The molecule has 0 saturated carbocycles. The van der Waals surface area contributed by atoms with Crippen LogP contribution in [0.15, 0.2) is 11.6 Å². The number of hydrogen-bond acceptors (Lipinski definition) is 1. The van der Waals surface area contributed by atoms with Gasteiger partial charge in [-0.05, 0) is 33.1 Å². The fraction of sp³-hybridized carbons (Fsp3) is 0.786. The normalized spacial score (nSPS) is 14.5. The lowest BCUT2D eigenvalue weighted by Crippen LogP contribution is -2.26. The molecule has 1 heteroatoms. The Morgan fingerprint density at radius 3 is 2.27 bits per heavy atom. The molecule has 0 aliphatic rings. The van der Waals surface area contributed by atoms with Crippen LogP contribution < -0.4 is 0 Å². The third kappa shape index (κ3) is 5.15. The van der Waals surface area contributed by atoms with E-state index in [0.29, 0.717) is 5.78 Å². The molecular formula is C14H26O. The van der Waals surface area contributed by atoms with Crippen LogP contribution in [-0.4, -0.2) is 5.78 Å². The van der Waals surface area contributed by atoms with Crippen molar-refractivity contribution in [3.63, 3.8) is 0 Å². The second-order valence-corrected chi connectivity index (χ2v) is 4.93. The van der Waals surface area contributed by atoms with Crippen LogP contribution in [0.2, 0.25) is 0 Å². The molecule has 0 heterocycles. The molecule has 0 fully saturated rings. The van der Waals surface area contributed by atoms with Crippen LogP contribution in [0.4, 0.5) is 0 Å². The number of carbonyl (C=O) groups is 1. The smallest absolute Gasteiger partial charge is 0.139 e. The summed E-state index contributed by atoms with van der Waals surface area (Å²) in [7, 11) is 0. The summed E-state index contributed by atoms with van der Waals surface area (Å²) in [4.78, 5) is 12.0. The molecule has 0 radical (unpaired) electrons. The lowest BCUT2D eigenvalue weighted by atomic mass is 9.77. The number of ketones is 1. The molecule has 0 unspecified atom stereocenters. The SMILES string of the molecule is CCCCC(=O)[C@](C)(CC)CC=C(C)C. The highest BCUT2D eigenvalue weighted by Gasteiger charge is 2.28. The first-order chi connectivity index (χ1) is 6.96. The van der Waals surface area contributed by atoms with Crippen molar-refractivity contribution in [3.05, 3.63) is 11.6 Å². The molecule has 0 N–H and O–H groups in total. The summed E-state index contributed by atoms with van der Waals surface area (Å²) in [5.74, 6) is 0.435. The zero-order valence-corrected chi connectivity index (χ0v) is 11.0. The molecule has 1 nitrogen and oxygen atoms in total. The first-order valence-electron chi connectivity index (χ1n) is 6.13. The van der Waals surface area contributed by atoms with Gasteiger partial charge in [-0.15, -0.1) is 0 Å². The number of allylic oxidation sites excluding steroid dienone is 2. The second kappa shape index (κ2) is 6.81. The van der Waals surface area contributed by atoms with Crippen molar-refractivity contribution in [2.45, 2.75) is 66.7 Å². The molecule has 1 atom stereocenters. The van der Waals surface area contributed by atoms with Gasteiger partial charge in [0, 0.05) is 11.8 Å². The van der Waals surface area contributed by atoms with Gasteiger partial charge in [0.1, 0.15) is 5.78 Å². The molecule has 0 spiro atoms. The Bertz CT molecular complexity index is 223. The molecule has 0 bridgehead atoms. The third-order valence-corrected chi connectivity index (χ3v) is 3.17. The predicted octanol–water partition coefficient (Wildman–Crippen LogP) is 4.52. The fourth-order valence-electron chi connectivity index (χ4n) is 1.52. The molecule has 15 heavy (non-hydrogen) atoms. The van der Waals surface area contributed by atoms with Crippen molar-refractivity contribution < 1.29 is 4.79 Å². The van der Waals surface area contributed by atoms with Gasteiger partial charge >= 0.3 is 0 Å². The molecule has 0 aliphatic carbocycles. The Hall–Kier alpha value is -0.590. The Morgan fingerprint density at radius 1 is 1.27 bits per heavy atom. The van der Waals surface area contributed by atoms with E-state index in [-0.39, 0.29) is 5.41 Å². The van der Waals surface area contributed by atoms with Gasteiger partial charge < -0.3 is 0 Å². The average Bonchev–Trinajstić information content (AvgIpc) is 2.22. The zero-order valence-electron chi connectivity index (χ0n) is 11.0. The molecule has 0 aromatic heterocycles. The summed E-state index contributed by atoms with van der Waals surface area (Å²) in [6.07, 6.45) is 6.91. The third-order valence-electron chi connectivity index (χ3n) is 3.17. The van der Waals surface area contributed by atoms with Crippen LogP contribution in [0.25, 0.3) is 0 Å². The van der Waals surface area contributed by atoms with E-state index < -0.39 is 0 Å². The quantitative estimate of drug-likeness (QED) is 0.565. The molecule has 88 valence electrons. The topological polar surface area (TPSA) is 17.1 Å². The predicted molar refractivity (Wildman–Crippen MR) is 67.0 cm³/mol. The molecule has 0 saturated heterocycles. The summed E-state index contributed by atoms with van der Waals surface area (Å²) in [5, 5.41) is 0. The van der Waals surface area contributed by atoms with Gasteiger partial charge in [-0.1, -0.05) is 38.8 Å². The lowest BCUT2D eigenvalue weighted by Gasteiger charge is -2.25. The van der Waals surface area contributed by atoms with Crippen LogP contribution in [-0.2, 0) is 4.79 Å². The standard InChI is InChI=1S/C14H26O/c1-6-8-9-13(15)14(5,7-2)11-10-12(3)4/h10H,6-9,11H2,1-5H3/t14-/m1/s1. The monoisotopic (exact) mass is 210 g/mol. The first-order valence-corrected chi connectivity index (χ1v) is 6.13. The summed E-state index contributed by atoms with van der Waals surface area (Å²) >= 11 is 0. The Morgan fingerprint density at radius 2 is 1.87 bits per heavy atom. The van der Waals surface area contributed by atoms with Gasteiger partial charge in [0.05, 0.1) is 0 Å². The zero-order chi connectivity index (χ0) is 11.9. The average molecular weight is 210 g/mol. The van der Waals surface area contributed by atoms with Crippen molar-refractivity contribution in [2.24, 2.45) is 5.41 Å². The van der Waals surface area contributed by atoms with E-state index in [1.165, 1.54) is 5.57 Å². The van der Waals surface area contributed by atoms with E-state index in [2.05, 4.69) is 40.7 Å². The highest BCUT2D eigenvalue weighted by molar-refractivity contribution is 5.84. The van der Waals surface area contributed by atoms with E-state index in [1.54, 1.807) is 0 Å². The molecule has 0 amide bonds. The van der Waals surface area contributed by atoms with Crippen molar-refractivity contribution in [1.82, 2.24) is 0 Å². The molecule has 0 aromatic rings. The highest BCUT2D eigenvalue weighted by Crippen LogP contribution is 2.30. The van der Waals surface area contributed by atoms with Gasteiger partial charge in [-0.3, -0.25) is 4.79 Å². The van der Waals surface area contributed by atoms with Gasteiger partial charge in [-0.2, -0.15) is 0 Å². The number of carbonyl (C=O) groups excluding carboxylic acids is 1. The Balaban J connectivity index is 4.40. The second-order valence-electron chi connectivity index (χ2n) is 4.93. The van der Waals surface area contributed by atoms with Crippen molar-refractivity contribution in [1.29, 1.82) is 0 Å². The minimum atomic E-state index is -0.133. The highest BCUT2D eigenvalue weighted by atomic mass is 16.1. The van der Waals surface area contributed by atoms with Crippen molar-refractivity contribution in [3.8, 4) is 0 Å². The van der Waals surface area contributed by atoms with Crippen LogP contribution in [0, 0.1) is 5.41 Å². The first kappa shape index (κ1) is 14.4. The van der Waals surface area contributed by atoms with Crippen LogP contribution in [0.5, 0.6) is 0 Å². The van der Waals surface area contributed by atoms with Crippen molar-refractivity contribution >= 4 is 5.78 Å². The van der Waals surface area contributed by atoms with Gasteiger partial charge in [-0.25, -0.2) is 0 Å². The van der Waals surface area contributed by atoms with Gasteiger partial charge in [0.25, 0.3) is 0 Å². The minimum absolute atomic E-state index is 0.133. The van der Waals surface area contributed by atoms with Crippen molar-refractivity contribution in [2.75, 3.05) is 0 Å². The maximum atomic E-state index is 12.0. The number of rotatable bonds is 7. The number of hydrogen-bond donors (Lipinski definition) is 0. The summed E-state index contributed by atoms with van der Waals surface area (Å²) in [5.41, 5.74) is 1.17.